The molecule has 21 heavy (non-hydrogen) atoms. The second-order valence-corrected chi connectivity index (χ2v) is 4.55. The first-order valence-electron chi connectivity index (χ1n) is 7.02. The summed E-state index contributed by atoms with van der Waals surface area (Å²) in [7, 11) is 0. The Kier molecular flexibility index (Phi) is 5.00. The number of aliphatic hydroxyl groups is 1. The molecule has 2 aromatic rings. The maximum absolute atomic E-state index is 12.2. The summed E-state index contributed by atoms with van der Waals surface area (Å²) < 4.78 is 7.29. The van der Waals surface area contributed by atoms with Crippen LogP contribution in [0.2, 0.25) is 0 Å². The van der Waals surface area contributed by atoms with E-state index in [0.717, 1.165) is 6.54 Å². The van der Waals surface area contributed by atoms with E-state index in [1.54, 1.807) is 24.3 Å². The van der Waals surface area contributed by atoms with Crippen LogP contribution in [0.5, 0.6) is 5.75 Å². The van der Waals surface area contributed by atoms with Crippen molar-refractivity contribution < 1.29 is 14.6 Å². The van der Waals surface area contributed by atoms with Crippen molar-refractivity contribution >= 4 is 11.6 Å². The topological polar surface area (TPSA) is 63.5 Å². The molecule has 0 aliphatic carbocycles. The van der Waals surface area contributed by atoms with E-state index in [4.69, 9.17) is 4.74 Å². The van der Waals surface area contributed by atoms with Gasteiger partial charge in [-0.1, -0.05) is 0 Å². The zero-order valence-electron chi connectivity index (χ0n) is 12.3. The van der Waals surface area contributed by atoms with Gasteiger partial charge >= 0.3 is 0 Å². The fourth-order valence-electron chi connectivity index (χ4n) is 2.17. The molecule has 0 bridgehead atoms. The van der Waals surface area contributed by atoms with E-state index >= 15 is 0 Å². The van der Waals surface area contributed by atoms with Crippen LogP contribution in [0.3, 0.4) is 0 Å². The predicted octanol–water partition coefficient (Wildman–Crippen LogP) is 2.65. The summed E-state index contributed by atoms with van der Waals surface area (Å²) in [5.74, 6) is 0.463. The van der Waals surface area contributed by atoms with Crippen molar-refractivity contribution in [1.29, 1.82) is 0 Å². The fourth-order valence-corrected chi connectivity index (χ4v) is 2.17. The Morgan fingerprint density at radius 1 is 1.33 bits per heavy atom. The molecule has 5 heteroatoms. The van der Waals surface area contributed by atoms with E-state index in [2.05, 4.69) is 5.32 Å². The Morgan fingerprint density at radius 2 is 2.14 bits per heavy atom. The Labute approximate surface area is 124 Å². The number of hydrogen-bond acceptors (Lipinski definition) is 3. The number of aromatic nitrogens is 1. The highest BCUT2D eigenvalue weighted by Gasteiger charge is 2.11. The SMILES string of the molecule is CCOc1ccc(NC(=O)c2cccn2CC)cc1CO. The largest absolute Gasteiger partial charge is 0.494 e. The van der Waals surface area contributed by atoms with Gasteiger partial charge in [0, 0.05) is 24.0 Å². The standard InChI is InChI=1S/C16H20N2O3/c1-3-18-9-5-6-14(18)16(20)17-13-7-8-15(21-4-2)12(10-13)11-19/h5-10,19H,3-4,11H2,1-2H3,(H,17,20). The molecule has 0 aliphatic rings. The van der Waals surface area contributed by atoms with Crippen LogP contribution in [-0.2, 0) is 13.2 Å². The summed E-state index contributed by atoms with van der Waals surface area (Å²) in [5, 5.41) is 12.2. The van der Waals surface area contributed by atoms with E-state index < -0.39 is 0 Å². The molecule has 0 saturated heterocycles. The van der Waals surface area contributed by atoms with Crippen molar-refractivity contribution in [3.05, 3.63) is 47.8 Å². The van der Waals surface area contributed by atoms with E-state index in [9.17, 15) is 9.90 Å². The number of nitrogens with one attached hydrogen (secondary N) is 1. The van der Waals surface area contributed by atoms with Gasteiger partial charge in [0.15, 0.2) is 0 Å². The number of amides is 1. The first kappa shape index (κ1) is 15.1. The number of carbonyl (C=O) groups is 1. The highest BCUT2D eigenvalue weighted by atomic mass is 16.5. The number of benzene rings is 1. The van der Waals surface area contributed by atoms with E-state index in [1.165, 1.54) is 0 Å². The molecule has 0 unspecified atom stereocenters. The van der Waals surface area contributed by atoms with Crippen molar-refractivity contribution in [3.8, 4) is 5.75 Å². The minimum absolute atomic E-state index is 0.135. The highest BCUT2D eigenvalue weighted by Crippen LogP contribution is 2.23. The van der Waals surface area contributed by atoms with Gasteiger partial charge in [0.2, 0.25) is 0 Å². The van der Waals surface area contributed by atoms with Crippen LogP contribution in [0, 0.1) is 0 Å². The molecule has 1 aromatic carbocycles. The van der Waals surface area contributed by atoms with Crippen LogP contribution >= 0.6 is 0 Å². The highest BCUT2D eigenvalue weighted by molar-refractivity contribution is 6.03. The van der Waals surface area contributed by atoms with Gasteiger partial charge in [-0.3, -0.25) is 4.79 Å². The van der Waals surface area contributed by atoms with Crippen LogP contribution in [-0.4, -0.2) is 22.2 Å². The summed E-state index contributed by atoms with van der Waals surface area (Å²) in [6.45, 7) is 5.00. The number of aliphatic hydroxyl groups excluding tert-OH is 1. The minimum Gasteiger partial charge on any atom is -0.494 e. The number of rotatable bonds is 6. The average molecular weight is 288 g/mol. The van der Waals surface area contributed by atoms with Crippen LogP contribution in [0.25, 0.3) is 0 Å². The zero-order chi connectivity index (χ0) is 15.2. The Balaban J connectivity index is 2.18. The van der Waals surface area contributed by atoms with Crippen LogP contribution in [0.1, 0.15) is 29.9 Å². The van der Waals surface area contributed by atoms with Crippen molar-refractivity contribution in [2.45, 2.75) is 27.0 Å². The molecule has 0 radical (unpaired) electrons. The van der Waals surface area contributed by atoms with E-state index in [0.29, 0.717) is 29.3 Å². The zero-order valence-corrected chi connectivity index (χ0v) is 12.3. The average Bonchev–Trinajstić information content (AvgIpc) is 2.97. The molecule has 0 fully saturated rings. The summed E-state index contributed by atoms with van der Waals surface area (Å²) in [6.07, 6.45) is 1.87. The van der Waals surface area contributed by atoms with Crippen molar-refractivity contribution in [1.82, 2.24) is 4.57 Å². The Morgan fingerprint density at radius 3 is 2.81 bits per heavy atom. The van der Waals surface area contributed by atoms with Crippen LogP contribution < -0.4 is 10.1 Å². The van der Waals surface area contributed by atoms with E-state index in [1.807, 2.05) is 30.7 Å². The molecule has 1 heterocycles. The first-order valence-corrected chi connectivity index (χ1v) is 7.02. The molecule has 2 rings (SSSR count). The van der Waals surface area contributed by atoms with Gasteiger partial charge in [-0.15, -0.1) is 0 Å². The molecular weight excluding hydrogens is 268 g/mol. The number of ether oxygens (including phenoxy) is 1. The van der Waals surface area contributed by atoms with Crippen LogP contribution in [0.4, 0.5) is 5.69 Å². The minimum atomic E-state index is -0.171. The number of aryl methyl sites for hydroxylation is 1. The lowest BCUT2D eigenvalue weighted by Crippen LogP contribution is -2.16. The Hall–Kier alpha value is -2.27. The van der Waals surface area contributed by atoms with Gasteiger partial charge in [-0.2, -0.15) is 0 Å². The number of anilines is 1. The van der Waals surface area contributed by atoms with Crippen molar-refractivity contribution in [3.63, 3.8) is 0 Å². The lowest BCUT2D eigenvalue weighted by Gasteiger charge is -2.12. The maximum Gasteiger partial charge on any atom is 0.272 e. The van der Waals surface area contributed by atoms with Crippen LogP contribution in [0.15, 0.2) is 36.5 Å². The lowest BCUT2D eigenvalue weighted by molar-refractivity contribution is 0.101. The first-order chi connectivity index (χ1) is 10.2. The molecule has 0 spiro atoms. The van der Waals surface area contributed by atoms with E-state index in [-0.39, 0.29) is 12.5 Å². The van der Waals surface area contributed by atoms with Gasteiger partial charge in [-0.05, 0) is 44.2 Å². The summed E-state index contributed by atoms with van der Waals surface area (Å²) in [4.78, 5) is 12.2. The molecule has 1 aromatic heterocycles. The third kappa shape index (κ3) is 3.44. The normalized spacial score (nSPS) is 10.4. The smallest absolute Gasteiger partial charge is 0.272 e. The number of hydrogen-bond donors (Lipinski definition) is 2. The lowest BCUT2D eigenvalue weighted by atomic mass is 10.2. The number of nitrogens with zero attached hydrogens (tertiary/aromatic N) is 1. The molecule has 0 atom stereocenters. The maximum atomic E-state index is 12.2. The van der Waals surface area contributed by atoms with Gasteiger partial charge in [0.25, 0.3) is 5.91 Å². The molecule has 0 aliphatic heterocycles. The summed E-state index contributed by atoms with van der Waals surface area (Å²) >= 11 is 0. The van der Waals surface area contributed by atoms with Gasteiger partial charge < -0.3 is 19.7 Å². The second kappa shape index (κ2) is 6.95. The molecule has 112 valence electrons. The summed E-state index contributed by atoms with van der Waals surface area (Å²) in [5.41, 5.74) is 1.90. The third-order valence-electron chi connectivity index (χ3n) is 3.19. The molecular formula is C16H20N2O3. The van der Waals surface area contributed by atoms with Crippen molar-refractivity contribution in [2.24, 2.45) is 0 Å². The monoisotopic (exact) mass is 288 g/mol. The molecule has 5 nitrogen and oxygen atoms in total. The Bertz CT molecular complexity index is 620. The molecule has 0 saturated carbocycles. The number of carbonyl (C=O) groups excluding carboxylic acids is 1. The summed E-state index contributed by atoms with van der Waals surface area (Å²) in [6, 6.07) is 8.86. The fraction of sp³-hybridized carbons (Fsp3) is 0.312. The predicted molar refractivity (Wildman–Crippen MR) is 81.6 cm³/mol. The molecule has 1 amide bonds. The quantitative estimate of drug-likeness (QED) is 0.859. The van der Waals surface area contributed by atoms with Gasteiger partial charge in [0.05, 0.1) is 13.2 Å². The second-order valence-electron chi connectivity index (χ2n) is 4.55. The molecule has 2 N–H and O–H groups in total. The van der Waals surface area contributed by atoms with Gasteiger partial charge in [0.1, 0.15) is 11.4 Å². The third-order valence-corrected chi connectivity index (χ3v) is 3.19. The van der Waals surface area contributed by atoms with Gasteiger partial charge in [-0.25, -0.2) is 0 Å². The van der Waals surface area contributed by atoms with Crippen molar-refractivity contribution in [2.75, 3.05) is 11.9 Å².